The van der Waals surface area contributed by atoms with Gasteiger partial charge in [0.1, 0.15) is 11.6 Å². The van der Waals surface area contributed by atoms with Crippen LogP contribution in [0.1, 0.15) is 5.69 Å². The highest BCUT2D eigenvalue weighted by Crippen LogP contribution is 2.33. The first kappa shape index (κ1) is 22.6. The average Bonchev–Trinajstić information content (AvgIpc) is 2.78. The molecule has 4 rings (SSSR count). The number of alkyl halides is 3. The van der Waals surface area contributed by atoms with Crippen molar-refractivity contribution in [2.45, 2.75) is 16.5 Å². The van der Waals surface area contributed by atoms with E-state index in [4.69, 9.17) is 4.74 Å². The number of fused-ring (bicyclic) bond motifs is 1. The molecule has 4 aromatic rings. The van der Waals surface area contributed by atoms with Crippen molar-refractivity contribution in [1.29, 1.82) is 0 Å². The Balaban J connectivity index is 1.94. The molecular weight excluding hydrogens is 455 g/mol. The Bertz CT molecular complexity index is 1390. The summed E-state index contributed by atoms with van der Waals surface area (Å²) in [6.45, 7) is 0. The second-order valence-corrected chi connectivity index (χ2v) is 8.08. The number of rotatable bonds is 5. The maximum atomic E-state index is 13.4. The number of methoxy groups -OCH3 is 1. The number of ether oxygens (including phenoxy) is 1. The van der Waals surface area contributed by atoms with Crippen molar-refractivity contribution >= 4 is 28.5 Å². The van der Waals surface area contributed by atoms with Crippen LogP contribution in [0.3, 0.4) is 0 Å². The molecule has 0 radical (unpaired) electrons. The summed E-state index contributed by atoms with van der Waals surface area (Å²) in [5, 5.41) is 0.298. The molecule has 33 heavy (non-hydrogen) atoms. The fourth-order valence-electron chi connectivity index (χ4n) is 3.07. The summed E-state index contributed by atoms with van der Waals surface area (Å²) in [7, 11) is 4.66. The maximum absolute atomic E-state index is 13.4. The highest BCUT2D eigenvalue weighted by atomic mass is 32.2. The maximum Gasteiger partial charge on any atom is 0.433 e. The van der Waals surface area contributed by atoms with Crippen LogP contribution >= 0.6 is 11.8 Å². The van der Waals surface area contributed by atoms with Gasteiger partial charge >= 0.3 is 6.18 Å². The Kier molecular flexibility index (Phi) is 5.98. The number of halogens is 3. The van der Waals surface area contributed by atoms with Crippen LogP contribution in [0.2, 0.25) is 0 Å². The SMILES string of the molecule is COc1cccc(-n2c(Sc3nc(N(C)C)cc(C(F)(F)F)n3)nc3ccccc3c2=O)c1. The Morgan fingerprint density at radius 2 is 1.76 bits per heavy atom. The van der Waals surface area contributed by atoms with Crippen molar-refractivity contribution in [2.24, 2.45) is 0 Å². The van der Waals surface area contributed by atoms with Crippen molar-refractivity contribution in [3.63, 3.8) is 0 Å². The highest BCUT2D eigenvalue weighted by Gasteiger charge is 2.34. The van der Waals surface area contributed by atoms with Crippen LogP contribution in [0, 0.1) is 0 Å². The molecule has 0 saturated carbocycles. The van der Waals surface area contributed by atoms with Gasteiger partial charge in [-0.25, -0.2) is 15.0 Å². The number of hydrogen-bond acceptors (Lipinski definition) is 7. The molecule has 0 fully saturated rings. The molecule has 0 bridgehead atoms. The number of para-hydroxylation sites is 1. The molecule has 0 aliphatic heterocycles. The number of nitrogens with zero attached hydrogens (tertiary/aromatic N) is 5. The predicted molar refractivity (Wildman–Crippen MR) is 119 cm³/mol. The Labute approximate surface area is 190 Å². The zero-order valence-electron chi connectivity index (χ0n) is 17.8. The van der Waals surface area contributed by atoms with E-state index in [0.29, 0.717) is 22.3 Å². The third-order valence-electron chi connectivity index (χ3n) is 4.68. The van der Waals surface area contributed by atoms with Crippen LogP contribution in [0.25, 0.3) is 16.6 Å². The summed E-state index contributed by atoms with van der Waals surface area (Å²) < 4.78 is 46.9. The third kappa shape index (κ3) is 4.63. The summed E-state index contributed by atoms with van der Waals surface area (Å²) in [6.07, 6.45) is -4.66. The first-order valence-electron chi connectivity index (χ1n) is 9.65. The topological polar surface area (TPSA) is 73.1 Å². The van der Waals surface area contributed by atoms with Crippen LogP contribution in [0.4, 0.5) is 19.0 Å². The molecule has 7 nitrogen and oxygen atoms in total. The Morgan fingerprint density at radius 3 is 2.45 bits per heavy atom. The largest absolute Gasteiger partial charge is 0.497 e. The number of anilines is 1. The van der Waals surface area contributed by atoms with Crippen molar-refractivity contribution in [1.82, 2.24) is 19.5 Å². The summed E-state index contributed by atoms with van der Waals surface area (Å²) in [4.78, 5) is 27.3. The van der Waals surface area contributed by atoms with Gasteiger partial charge in [-0.1, -0.05) is 18.2 Å². The summed E-state index contributed by atoms with van der Waals surface area (Å²) >= 11 is 0.776. The molecule has 0 aliphatic carbocycles. The standard InChI is InChI=1S/C22H18F3N5O2S/c1-29(2)18-12-17(22(23,24)25)27-20(28-18)33-21-26-16-10-5-4-9-15(16)19(31)30(21)13-7-6-8-14(11-13)32-3/h4-12H,1-3H3. The molecule has 2 aromatic heterocycles. The van der Waals surface area contributed by atoms with Crippen molar-refractivity contribution in [3.05, 3.63) is 70.6 Å². The van der Waals surface area contributed by atoms with E-state index >= 15 is 0 Å². The lowest BCUT2D eigenvalue weighted by Gasteiger charge is -2.16. The van der Waals surface area contributed by atoms with Crippen molar-refractivity contribution in [3.8, 4) is 11.4 Å². The van der Waals surface area contributed by atoms with Gasteiger partial charge in [0.25, 0.3) is 5.56 Å². The lowest BCUT2D eigenvalue weighted by molar-refractivity contribution is -0.141. The lowest BCUT2D eigenvalue weighted by Crippen LogP contribution is -2.22. The molecule has 0 spiro atoms. The van der Waals surface area contributed by atoms with Gasteiger partial charge in [0.2, 0.25) is 0 Å². The average molecular weight is 473 g/mol. The second-order valence-electron chi connectivity index (χ2n) is 7.14. The van der Waals surface area contributed by atoms with Crippen molar-refractivity contribution in [2.75, 3.05) is 26.1 Å². The summed E-state index contributed by atoms with van der Waals surface area (Å²) in [5.41, 5.74) is -0.611. The quantitative estimate of drug-likeness (QED) is 0.397. The molecular formula is C22H18F3N5O2S. The fourth-order valence-corrected chi connectivity index (χ4v) is 3.94. The fraction of sp³-hybridized carbons (Fsp3) is 0.182. The lowest BCUT2D eigenvalue weighted by atomic mass is 10.2. The molecule has 0 atom stereocenters. The molecule has 0 unspecified atom stereocenters. The van der Waals surface area contributed by atoms with E-state index in [1.807, 2.05) is 0 Å². The zero-order chi connectivity index (χ0) is 23.8. The van der Waals surface area contributed by atoms with Gasteiger partial charge in [0, 0.05) is 26.2 Å². The van der Waals surface area contributed by atoms with E-state index in [9.17, 15) is 18.0 Å². The van der Waals surface area contributed by atoms with Gasteiger partial charge in [-0.2, -0.15) is 13.2 Å². The second kappa shape index (κ2) is 8.74. The summed E-state index contributed by atoms with van der Waals surface area (Å²) in [6, 6.07) is 14.4. The Hall–Kier alpha value is -3.60. The smallest absolute Gasteiger partial charge is 0.433 e. The highest BCUT2D eigenvalue weighted by molar-refractivity contribution is 7.99. The van der Waals surface area contributed by atoms with Crippen molar-refractivity contribution < 1.29 is 17.9 Å². The minimum Gasteiger partial charge on any atom is -0.497 e. The van der Waals surface area contributed by atoms with Crippen LogP contribution in [0.5, 0.6) is 5.75 Å². The predicted octanol–water partition coefficient (Wildman–Crippen LogP) is 4.42. The molecule has 2 aromatic carbocycles. The van der Waals surface area contributed by atoms with Crippen LogP contribution in [0.15, 0.2) is 69.7 Å². The van der Waals surface area contributed by atoms with Crippen LogP contribution in [-0.4, -0.2) is 40.7 Å². The Morgan fingerprint density at radius 1 is 1.00 bits per heavy atom. The number of aromatic nitrogens is 4. The summed E-state index contributed by atoms with van der Waals surface area (Å²) in [5.74, 6) is 0.588. The number of benzene rings is 2. The molecule has 0 saturated heterocycles. The monoisotopic (exact) mass is 473 g/mol. The molecule has 0 N–H and O–H groups in total. The van der Waals surface area contributed by atoms with Gasteiger partial charge in [-0.15, -0.1) is 0 Å². The van der Waals surface area contributed by atoms with Gasteiger partial charge in [0.15, 0.2) is 16.0 Å². The van der Waals surface area contributed by atoms with Crippen LogP contribution in [-0.2, 0) is 6.18 Å². The minimum atomic E-state index is -4.66. The van der Waals surface area contributed by atoms with E-state index in [0.717, 1.165) is 17.8 Å². The zero-order valence-corrected chi connectivity index (χ0v) is 18.6. The third-order valence-corrected chi connectivity index (χ3v) is 5.50. The molecule has 0 aliphatic rings. The molecule has 11 heteroatoms. The van der Waals surface area contributed by atoms with E-state index < -0.39 is 11.9 Å². The normalized spacial score (nSPS) is 11.6. The van der Waals surface area contributed by atoms with E-state index in [-0.39, 0.29) is 21.7 Å². The first-order valence-corrected chi connectivity index (χ1v) is 10.5. The van der Waals surface area contributed by atoms with Gasteiger partial charge < -0.3 is 9.64 Å². The van der Waals surface area contributed by atoms with Gasteiger partial charge in [-0.05, 0) is 36.0 Å². The van der Waals surface area contributed by atoms with E-state index in [2.05, 4.69) is 15.0 Å². The van der Waals surface area contributed by atoms with E-state index in [1.165, 1.54) is 16.6 Å². The molecule has 0 amide bonds. The molecule has 170 valence electrons. The van der Waals surface area contributed by atoms with Crippen LogP contribution < -0.4 is 15.2 Å². The van der Waals surface area contributed by atoms with Gasteiger partial charge in [0.05, 0.1) is 23.7 Å². The van der Waals surface area contributed by atoms with Gasteiger partial charge in [-0.3, -0.25) is 9.36 Å². The number of hydrogen-bond donors (Lipinski definition) is 0. The van der Waals surface area contributed by atoms with E-state index in [1.54, 1.807) is 62.6 Å². The minimum absolute atomic E-state index is 0.0795. The first-order chi connectivity index (χ1) is 15.7. The molecule has 2 heterocycles.